The van der Waals surface area contributed by atoms with E-state index in [1.165, 1.54) is 11.0 Å². The van der Waals surface area contributed by atoms with Crippen molar-refractivity contribution in [3.05, 3.63) is 54.0 Å². The van der Waals surface area contributed by atoms with Crippen LogP contribution < -0.4 is 5.32 Å². The van der Waals surface area contributed by atoms with Crippen LogP contribution in [0, 0.1) is 11.7 Å². The number of pyridine rings is 1. The summed E-state index contributed by atoms with van der Waals surface area (Å²) in [6.07, 6.45) is 0.803. The van der Waals surface area contributed by atoms with E-state index in [0.717, 1.165) is 12.1 Å². The number of aromatic nitrogens is 5. The van der Waals surface area contributed by atoms with Crippen LogP contribution in [0.4, 0.5) is 19.0 Å². The Morgan fingerprint density at radius 1 is 1.27 bits per heavy atom. The number of aryl methyl sites for hydroxylation is 1. The van der Waals surface area contributed by atoms with E-state index in [-0.39, 0.29) is 25.1 Å². The highest BCUT2D eigenvalue weighted by Crippen LogP contribution is 2.45. The Morgan fingerprint density at radius 2 is 2.03 bits per heavy atom. The topological polar surface area (TPSA) is 85.6 Å². The van der Waals surface area contributed by atoms with Crippen molar-refractivity contribution >= 4 is 11.7 Å². The average Bonchev–Trinajstić information content (AvgIpc) is 3.28. The Balaban J connectivity index is 1.62. The van der Waals surface area contributed by atoms with Crippen molar-refractivity contribution in [2.24, 2.45) is 13.0 Å². The highest BCUT2D eigenvalue weighted by molar-refractivity contribution is 5.95. The smallest absolute Gasteiger partial charge is 0.248 e. The fourth-order valence-corrected chi connectivity index (χ4v) is 3.82. The number of hydrogen-bond donors (Lipinski definition) is 1. The molecule has 2 heterocycles. The lowest BCUT2D eigenvalue weighted by Crippen LogP contribution is -2.28. The van der Waals surface area contributed by atoms with Crippen molar-refractivity contribution < 1.29 is 18.0 Å². The molecule has 30 heavy (non-hydrogen) atoms. The second kappa shape index (κ2) is 7.85. The van der Waals surface area contributed by atoms with E-state index in [0.29, 0.717) is 17.0 Å². The summed E-state index contributed by atoms with van der Waals surface area (Å²) in [6, 6.07) is 9.09. The summed E-state index contributed by atoms with van der Waals surface area (Å²) in [5.74, 6) is -4.77. The van der Waals surface area contributed by atoms with Gasteiger partial charge in [0.15, 0.2) is 0 Å². The number of nitrogens with zero attached hydrogens (tertiary/aromatic N) is 5. The van der Waals surface area contributed by atoms with Crippen LogP contribution in [0.2, 0.25) is 0 Å². The fraction of sp³-hybridized carbons (Fsp3) is 0.350. The van der Waals surface area contributed by atoms with E-state index in [1.54, 1.807) is 31.3 Å². The highest BCUT2D eigenvalue weighted by atomic mass is 19.3. The van der Waals surface area contributed by atoms with E-state index >= 15 is 0 Å². The van der Waals surface area contributed by atoms with Crippen LogP contribution >= 0.6 is 0 Å². The van der Waals surface area contributed by atoms with Gasteiger partial charge >= 0.3 is 0 Å². The van der Waals surface area contributed by atoms with Crippen molar-refractivity contribution in [3.63, 3.8) is 0 Å². The van der Waals surface area contributed by atoms with Gasteiger partial charge in [0.1, 0.15) is 11.6 Å². The molecule has 0 spiro atoms. The van der Waals surface area contributed by atoms with Crippen LogP contribution in [0.5, 0.6) is 0 Å². The number of amides is 1. The largest absolute Gasteiger partial charge is 0.310 e. The molecule has 0 radical (unpaired) electrons. The SMILES string of the molecule is Cn1nnc(-c2ccc(C(C(=O)Nc3cc(F)ccn3)C3CCC(F)(F)C3)cc2)n1. The van der Waals surface area contributed by atoms with Crippen LogP contribution in [-0.2, 0) is 11.8 Å². The number of nitrogens with one attached hydrogen (secondary N) is 1. The number of hydrogen-bond acceptors (Lipinski definition) is 5. The third kappa shape index (κ3) is 4.32. The third-order valence-electron chi connectivity index (χ3n) is 5.21. The number of carbonyl (C=O) groups is 1. The molecular weight excluding hydrogens is 397 g/mol. The van der Waals surface area contributed by atoms with Gasteiger partial charge in [-0.05, 0) is 29.2 Å². The van der Waals surface area contributed by atoms with Crippen molar-refractivity contribution in [2.75, 3.05) is 5.32 Å². The van der Waals surface area contributed by atoms with Gasteiger partial charge in [-0.25, -0.2) is 18.2 Å². The molecule has 0 bridgehead atoms. The first-order valence-electron chi connectivity index (χ1n) is 9.45. The standard InChI is InChI=1S/C20H19F3N6O/c1-29-27-18(26-28-29)13-4-2-12(3-5-13)17(14-6-8-20(22,23)11-14)19(30)25-16-10-15(21)7-9-24-16/h2-5,7,9-10,14,17H,6,8,11H2,1H3,(H,24,25,30). The lowest BCUT2D eigenvalue weighted by Gasteiger charge is -2.23. The quantitative estimate of drug-likeness (QED) is 0.687. The van der Waals surface area contributed by atoms with Gasteiger partial charge in [0.25, 0.3) is 0 Å². The third-order valence-corrected chi connectivity index (χ3v) is 5.21. The molecule has 1 aliphatic carbocycles. The van der Waals surface area contributed by atoms with Gasteiger partial charge in [0.05, 0.1) is 13.0 Å². The number of alkyl halides is 2. The second-order valence-electron chi connectivity index (χ2n) is 7.41. The van der Waals surface area contributed by atoms with Gasteiger partial charge in [0.2, 0.25) is 17.7 Å². The van der Waals surface area contributed by atoms with Crippen molar-refractivity contribution in [1.29, 1.82) is 0 Å². The van der Waals surface area contributed by atoms with Crippen LogP contribution in [0.25, 0.3) is 11.4 Å². The van der Waals surface area contributed by atoms with Crippen LogP contribution in [0.15, 0.2) is 42.6 Å². The first-order chi connectivity index (χ1) is 14.3. The minimum Gasteiger partial charge on any atom is -0.310 e. The van der Waals surface area contributed by atoms with Crippen LogP contribution in [0.3, 0.4) is 0 Å². The summed E-state index contributed by atoms with van der Waals surface area (Å²) in [5, 5.41) is 14.4. The molecule has 0 saturated heterocycles. The number of tetrazole rings is 1. The van der Waals surface area contributed by atoms with Crippen molar-refractivity contribution in [3.8, 4) is 11.4 Å². The van der Waals surface area contributed by atoms with E-state index in [9.17, 15) is 18.0 Å². The fourth-order valence-electron chi connectivity index (χ4n) is 3.82. The van der Waals surface area contributed by atoms with Gasteiger partial charge in [0, 0.05) is 30.7 Å². The summed E-state index contributed by atoms with van der Waals surface area (Å²) >= 11 is 0. The minimum atomic E-state index is -2.80. The Hall–Kier alpha value is -3.30. The number of carbonyl (C=O) groups excluding carboxylic acids is 1. The Morgan fingerprint density at radius 3 is 2.63 bits per heavy atom. The number of anilines is 1. The number of rotatable bonds is 5. The summed E-state index contributed by atoms with van der Waals surface area (Å²) in [6.45, 7) is 0. The summed E-state index contributed by atoms with van der Waals surface area (Å²) in [4.78, 5) is 18.3. The minimum absolute atomic E-state index is 0.0372. The normalized spacial score (nSPS) is 18.9. The van der Waals surface area contributed by atoms with Gasteiger partial charge in [-0.3, -0.25) is 4.79 Å². The van der Waals surface area contributed by atoms with Gasteiger partial charge < -0.3 is 5.32 Å². The maximum atomic E-state index is 13.9. The molecular formula is C20H19F3N6O. The Kier molecular flexibility index (Phi) is 5.23. The molecule has 1 aliphatic rings. The van der Waals surface area contributed by atoms with E-state index in [2.05, 4.69) is 25.7 Å². The predicted molar refractivity (Wildman–Crippen MR) is 102 cm³/mol. The predicted octanol–water partition coefficient (Wildman–Crippen LogP) is 3.57. The first kappa shape index (κ1) is 20.0. The molecule has 1 N–H and O–H groups in total. The molecule has 3 aromatic rings. The molecule has 0 aliphatic heterocycles. The van der Waals surface area contributed by atoms with Crippen molar-refractivity contribution in [1.82, 2.24) is 25.2 Å². The first-order valence-corrected chi connectivity index (χ1v) is 9.45. The van der Waals surface area contributed by atoms with E-state index < -0.39 is 29.5 Å². The maximum Gasteiger partial charge on any atom is 0.248 e. The molecule has 156 valence electrons. The lowest BCUT2D eigenvalue weighted by molar-refractivity contribution is -0.118. The molecule has 1 fully saturated rings. The molecule has 2 atom stereocenters. The molecule has 2 unspecified atom stereocenters. The summed E-state index contributed by atoms with van der Waals surface area (Å²) < 4.78 is 41.2. The number of benzene rings is 1. The van der Waals surface area contributed by atoms with Gasteiger partial charge in [-0.1, -0.05) is 24.3 Å². The van der Waals surface area contributed by atoms with E-state index in [4.69, 9.17) is 0 Å². The van der Waals surface area contributed by atoms with Crippen LogP contribution in [0.1, 0.15) is 30.7 Å². The maximum absolute atomic E-state index is 13.9. The second-order valence-corrected chi connectivity index (χ2v) is 7.41. The monoisotopic (exact) mass is 416 g/mol. The van der Waals surface area contributed by atoms with Gasteiger partial charge in [-0.15, -0.1) is 10.2 Å². The Labute approximate surface area is 170 Å². The molecule has 7 nitrogen and oxygen atoms in total. The molecule has 1 saturated carbocycles. The highest BCUT2D eigenvalue weighted by Gasteiger charge is 2.45. The van der Waals surface area contributed by atoms with Gasteiger partial charge in [-0.2, -0.15) is 4.80 Å². The summed E-state index contributed by atoms with van der Waals surface area (Å²) in [7, 11) is 1.64. The summed E-state index contributed by atoms with van der Waals surface area (Å²) in [5.41, 5.74) is 1.27. The van der Waals surface area contributed by atoms with Crippen molar-refractivity contribution in [2.45, 2.75) is 31.1 Å². The molecule has 2 aromatic heterocycles. The molecule has 10 heteroatoms. The van der Waals surface area contributed by atoms with E-state index in [1.807, 2.05) is 0 Å². The zero-order chi connectivity index (χ0) is 21.3. The zero-order valence-corrected chi connectivity index (χ0v) is 16.1. The Bertz CT molecular complexity index is 1050. The lowest BCUT2D eigenvalue weighted by atomic mass is 9.83. The molecule has 1 aromatic carbocycles. The molecule has 1 amide bonds. The average molecular weight is 416 g/mol. The number of halogens is 3. The zero-order valence-electron chi connectivity index (χ0n) is 16.1. The molecule has 4 rings (SSSR count). The van der Waals surface area contributed by atoms with Crippen LogP contribution in [-0.4, -0.2) is 37.0 Å².